The molecule has 220 valence electrons. The molecule has 12 heteroatoms. The number of pyridine rings is 1. The van der Waals surface area contributed by atoms with Gasteiger partial charge in [-0.15, -0.1) is 0 Å². The Labute approximate surface area is 248 Å². The van der Waals surface area contributed by atoms with Gasteiger partial charge >= 0.3 is 0 Å². The highest BCUT2D eigenvalue weighted by atomic mass is 35.5. The second-order valence-electron chi connectivity index (χ2n) is 10.5. The Bertz CT molecular complexity index is 1850. The third-order valence-electron chi connectivity index (χ3n) is 7.36. The molecule has 2 N–H and O–H groups in total. The summed E-state index contributed by atoms with van der Waals surface area (Å²) >= 11 is 6.42. The monoisotopic (exact) mass is 610 g/mol. The van der Waals surface area contributed by atoms with Crippen LogP contribution in [0, 0.1) is 6.92 Å². The summed E-state index contributed by atoms with van der Waals surface area (Å²) in [5, 5.41) is 3.41. The fourth-order valence-electron chi connectivity index (χ4n) is 5.07. The summed E-state index contributed by atoms with van der Waals surface area (Å²) in [6.45, 7) is 3.02. The van der Waals surface area contributed by atoms with E-state index in [1.54, 1.807) is 30.3 Å². The predicted molar refractivity (Wildman–Crippen MR) is 161 cm³/mol. The fraction of sp³-hybridized carbons (Fsp3) is 0.300. The van der Waals surface area contributed by atoms with Crippen molar-refractivity contribution in [1.29, 1.82) is 0 Å². The molecule has 2 aromatic carbocycles. The summed E-state index contributed by atoms with van der Waals surface area (Å²) in [5.74, 6) is 0.00148. The van der Waals surface area contributed by atoms with Crippen LogP contribution in [-0.2, 0) is 21.7 Å². The minimum absolute atomic E-state index is 0.0486. The number of H-pyrrole nitrogens is 1. The third kappa shape index (κ3) is 5.93. The second kappa shape index (κ2) is 11.7. The minimum Gasteiger partial charge on any atom is -0.455 e. The Morgan fingerprint density at radius 3 is 2.50 bits per heavy atom. The average molecular weight is 611 g/mol. The van der Waals surface area contributed by atoms with Crippen molar-refractivity contribution in [3.63, 3.8) is 0 Å². The number of piperidine rings is 1. The zero-order chi connectivity index (χ0) is 30.2. The summed E-state index contributed by atoms with van der Waals surface area (Å²) in [6.07, 6.45) is 5.63. The highest BCUT2D eigenvalue weighted by Gasteiger charge is 2.22. The quantitative estimate of drug-likeness (QED) is 0.318. The molecule has 0 spiro atoms. The van der Waals surface area contributed by atoms with Gasteiger partial charge in [-0.1, -0.05) is 23.7 Å². The van der Waals surface area contributed by atoms with Crippen LogP contribution in [0.2, 0.25) is 5.02 Å². The highest BCUT2D eigenvalue weighted by molar-refractivity contribution is 7.90. The topological polar surface area (TPSA) is 131 Å². The highest BCUT2D eigenvalue weighted by Crippen LogP contribution is 2.41. The first-order valence-corrected chi connectivity index (χ1v) is 15.8. The molecule has 1 aliphatic heterocycles. The number of rotatable bonds is 7. The molecule has 0 atom stereocenters. The maximum Gasteiger partial charge on any atom is 0.274 e. The molecule has 2 amide bonds. The van der Waals surface area contributed by atoms with Gasteiger partial charge in [-0.05, 0) is 62.1 Å². The van der Waals surface area contributed by atoms with Gasteiger partial charge in [-0.25, -0.2) is 8.42 Å². The standard InChI is InChI=1S/C30H31ClN4O6S/c1-18-8-7-9-23(31)28(18)41-25-11-10-19(42(3,39)40)14-20(25)22-17-34(2)30(38)27-21(22)15-24(33-27)29(37)32-16-26(36)35-12-5-4-6-13-35/h7-11,14-15,17,33H,4-6,12-13,16H2,1-3H3,(H,32,37). The van der Waals surface area contributed by atoms with Crippen LogP contribution in [0.3, 0.4) is 0 Å². The molecule has 42 heavy (non-hydrogen) atoms. The van der Waals surface area contributed by atoms with Gasteiger partial charge in [0.1, 0.15) is 22.7 Å². The molecule has 0 aliphatic carbocycles. The Morgan fingerprint density at radius 1 is 1.07 bits per heavy atom. The minimum atomic E-state index is -3.60. The second-order valence-corrected chi connectivity index (χ2v) is 12.9. The summed E-state index contributed by atoms with van der Waals surface area (Å²) in [5.41, 5.74) is 1.45. The van der Waals surface area contributed by atoms with E-state index in [0.717, 1.165) is 31.1 Å². The number of aromatic amines is 1. The number of likely N-dealkylation sites (tertiary alicyclic amines) is 1. The number of halogens is 1. The maximum absolute atomic E-state index is 13.1. The smallest absolute Gasteiger partial charge is 0.274 e. The molecule has 3 heterocycles. The molecular weight excluding hydrogens is 580 g/mol. The van der Waals surface area contributed by atoms with Gasteiger partial charge in [0.25, 0.3) is 11.5 Å². The number of fused-ring (bicyclic) bond motifs is 1. The molecule has 10 nitrogen and oxygen atoms in total. The predicted octanol–water partition coefficient (Wildman–Crippen LogP) is 4.43. The van der Waals surface area contributed by atoms with E-state index in [1.165, 1.54) is 28.8 Å². The van der Waals surface area contributed by atoms with Crippen molar-refractivity contribution < 1.29 is 22.7 Å². The van der Waals surface area contributed by atoms with Crippen molar-refractivity contribution in [2.45, 2.75) is 31.1 Å². The molecule has 5 rings (SSSR count). The number of para-hydroxylation sites is 1. The van der Waals surface area contributed by atoms with Crippen LogP contribution in [0.25, 0.3) is 22.0 Å². The lowest BCUT2D eigenvalue weighted by Gasteiger charge is -2.26. The molecule has 0 saturated carbocycles. The Kier molecular flexibility index (Phi) is 8.16. The van der Waals surface area contributed by atoms with E-state index in [4.69, 9.17) is 16.3 Å². The molecule has 4 aromatic rings. The summed E-state index contributed by atoms with van der Waals surface area (Å²) in [7, 11) is -2.04. The number of aryl methyl sites for hydroxylation is 2. The number of nitrogens with one attached hydrogen (secondary N) is 2. The molecule has 1 fully saturated rings. The van der Waals surface area contributed by atoms with Gasteiger partial charge < -0.3 is 24.5 Å². The number of carbonyl (C=O) groups is 2. The largest absolute Gasteiger partial charge is 0.455 e. The number of sulfone groups is 1. The van der Waals surface area contributed by atoms with E-state index in [1.807, 2.05) is 13.0 Å². The number of aromatic nitrogens is 2. The molecule has 1 saturated heterocycles. The average Bonchev–Trinajstić information content (AvgIpc) is 3.42. The summed E-state index contributed by atoms with van der Waals surface area (Å²) in [6, 6.07) is 11.3. The van der Waals surface area contributed by atoms with Crippen LogP contribution >= 0.6 is 11.6 Å². The number of carbonyl (C=O) groups excluding carboxylic acids is 2. The lowest BCUT2D eigenvalue weighted by molar-refractivity contribution is -0.130. The zero-order valence-corrected chi connectivity index (χ0v) is 25.1. The van der Waals surface area contributed by atoms with Gasteiger partial charge in [-0.2, -0.15) is 0 Å². The Morgan fingerprint density at radius 2 is 1.81 bits per heavy atom. The number of nitrogens with zero attached hydrogens (tertiary/aromatic N) is 2. The van der Waals surface area contributed by atoms with E-state index in [-0.39, 0.29) is 34.1 Å². The van der Waals surface area contributed by atoms with E-state index < -0.39 is 15.7 Å². The van der Waals surface area contributed by atoms with Crippen molar-refractivity contribution in [3.8, 4) is 22.6 Å². The SMILES string of the molecule is Cc1cccc(Cl)c1Oc1ccc(S(C)(=O)=O)cc1-c1cn(C)c(=O)c2[nH]c(C(=O)NCC(=O)N3CCCCC3)cc12. The maximum atomic E-state index is 13.1. The van der Waals surface area contributed by atoms with Crippen molar-refractivity contribution in [2.75, 3.05) is 25.9 Å². The van der Waals surface area contributed by atoms with Crippen LogP contribution in [0.5, 0.6) is 11.5 Å². The molecule has 0 bridgehead atoms. The summed E-state index contributed by atoms with van der Waals surface area (Å²) < 4.78 is 32.6. The number of amides is 2. The molecule has 1 aliphatic rings. The number of hydrogen-bond donors (Lipinski definition) is 2. The molecule has 2 aromatic heterocycles. The summed E-state index contributed by atoms with van der Waals surface area (Å²) in [4.78, 5) is 43.4. The van der Waals surface area contributed by atoms with Gasteiger partial charge in [0.2, 0.25) is 5.91 Å². The third-order valence-corrected chi connectivity index (χ3v) is 8.77. The van der Waals surface area contributed by atoms with E-state index in [0.29, 0.717) is 46.1 Å². The van der Waals surface area contributed by atoms with Crippen LogP contribution in [0.1, 0.15) is 35.3 Å². The number of benzene rings is 2. The van der Waals surface area contributed by atoms with Crippen molar-refractivity contribution >= 4 is 44.2 Å². The molecule has 0 unspecified atom stereocenters. The lowest BCUT2D eigenvalue weighted by Crippen LogP contribution is -2.42. The van der Waals surface area contributed by atoms with Gasteiger partial charge in [0.05, 0.1) is 16.5 Å². The van der Waals surface area contributed by atoms with Crippen LogP contribution in [0.4, 0.5) is 0 Å². The van der Waals surface area contributed by atoms with Gasteiger partial charge in [0.15, 0.2) is 9.84 Å². The molecular formula is C30H31ClN4O6S. The van der Waals surface area contributed by atoms with Crippen molar-refractivity contribution in [2.24, 2.45) is 7.05 Å². The zero-order valence-electron chi connectivity index (χ0n) is 23.5. The van der Waals surface area contributed by atoms with Crippen LogP contribution in [-0.4, -0.2) is 60.6 Å². The van der Waals surface area contributed by atoms with E-state index in [2.05, 4.69) is 10.3 Å². The first-order valence-electron chi connectivity index (χ1n) is 13.5. The normalized spacial score (nSPS) is 13.8. The van der Waals surface area contributed by atoms with Crippen molar-refractivity contribution in [1.82, 2.24) is 19.8 Å². The van der Waals surface area contributed by atoms with Gasteiger partial charge in [0, 0.05) is 49.1 Å². The van der Waals surface area contributed by atoms with Crippen LogP contribution < -0.4 is 15.6 Å². The lowest BCUT2D eigenvalue weighted by atomic mass is 10.0. The van der Waals surface area contributed by atoms with E-state index in [9.17, 15) is 22.8 Å². The van der Waals surface area contributed by atoms with Crippen molar-refractivity contribution in [3.05, 3.63) is 75.3 Å². The fourth-order valence-corrected chi connectivity index (χ4v) is 5.98. The first kappa shape index (κ1) is 29.4. The first-order chi connectivity index (χ1) is 19.9. The van der Waals surface area contributed by atoms with E-state index >= 15 is 0 Å². The molecule has 0 radical (unpaired) electrons. The van der Waals surface area contributed by atoms with Crippen LogP contribution in [0.15, 0.2) is 58.4 Å². The number of hydrogen-bond acceptors (Lipinski definition) is 6. The Hall–Kier alpha value is -4.09. The Balaban J connectivity index is 1.58. The number of ether oxygens (including phenoxy) is 1. The van der Waals surface area contributed by atoms with Gasteiger partial charge in [-0.3, -0.25) is 14.4 Å².